The van der Waals surface area contributed by atoms with E-state index in [2.05, 4.69) is 0 Å². The van der Waals surface area contributed by atoms with E-state index in [1.54, 1.807) is 0 Å². The summed E-state index contributed by atoms with van der Waals surface area (Å²) in [6.07, 6.45) is 2.40. The van der Waals surface area contributed by atoms with E-state index in [1.807, 2.05) is 6.92 Å². The molecule has 0 aliphatic rings. The average molecular weight is 139 g/mol. The number of unbranched alkanes of at least 4 members (excludes halogenated alkanes) is 1. The maximum atomic E-state index is 9.94. The topological polar surface area (TPSA) is 72.3 Å². The second kappa shape index (κ2) is 7.15. The molecule has 0 aromatic carbocycles. The van der Waals surface area contributed by atoms with Crippen molar-refractivity contribution >= 4 is 8.03 Å². The normalized spacial score (nSPS) is 12.2. The van der Waals surface area contributed by atoms with Gasteiger partial charge in [-0.1, -0.05) is 13.3 Å². The lowest BCUT2D eigenvalue weighted by Crippen LogP contribution is -1.73. The summed E-state index contributed by atoms with van der Waals surface area (Å²) in [5.74, 6) is 0. The molecule has 0 bridgehead atoms. The van der Waals surface area contributed by atoms with E-state index in [9.17, 15) is 4.57 Å². The fourth-order valence-corrected chi connectivity index (χ4v) is 0.984. The van der Waals surface area contributed by atoms with Crippen LogP contribution in [0.15, 0.2) is 0 Å². The maximum absolute atomic E-state index is 9.94. The first-order chi connectivity index (χ1) is 3.27. The lowest BCUT2D eigenvalue weighted by atomic mass is 10.4. The summed E-state index contributed by atoms with van der Waals surface area (Å²) in [6, 6.07) is 0. The Hall–Kier alpha value is 0.150. The first-order valence-electron chi connectivity index (χ1n) is 2.49. The molecule has 8 heavy (non-hydrogen) atoms. The third-order valence-corrected chi connectivity index (χ3v) is 1.53. The third-order valence-electron chi connectivity index (χ3n) is 0.744. The molecule has 1 atom stereocenters. The van der Waals surface area contributed by atoms with Crippen LogP contribution in [0.4, 0.5) is 0 Å². The fraction of sp³-hybridized carbons (Fsp3) is 1.00. The minimum atomic E-state index is -2.15. The van der Waals surface area contributed by atoms with Crippen molar-refractivity contribution in [2.45, 2.75) is 19.8 Å². The van der Waals surface area contributed by atoms with Crippen LogP contribution in [-0.2, 0) is 4.57 Å². The van der Waals surface area contributed by atoms with Gasteiger partial charge in [0.1, 0.15) is 0 Å². The van der Waals surface area contributed by atoms with Crippen molar-refractivity contribution < 1.29 is 9.46 Å². The van der Waals surface area contributed by atoms with Gasteiger partial charge in [-0.15, -0.1) is 0 Å². The van der Waals surface area contributed by atoms with Gasteiger partial charge in [0.25, 0.3) is 0 Å². The molecule has 0 heterocycles. The molecule has 0 aromatic rings. The van der Waals surface area contributed by atoms with Crippen LogP contribution in [0.3, 0.4) is 0 Å². The smallest absolute Gasteiger partial charge is 0.189 e. The summed E-state index contributed by atoms with van der Waals surface area (Å²) in [5.41, 5.74) is 0. The van der Waals surface area contributed by atoms with E-state index >= 15 is 0 Å². The minimum absolute atomic E-state index is 0. The van der Waals surface area contributed by atoms with Crippen molar-refractivity contribution in [3.05, 3.63) is 0 Å². The van der Waals surface area contributed by atoms with Gasteiger partial charge in [-0.2, -0.15) is 0 Å². The van der Waals surface area contributed by atoms with E-state index in [0.717, 1.165) is 12.8 Å². The van der Waals surface area contributed by atoms with Crippen LogP contribution in [0.5, 0.6) is 0 Å². The van der Waals surface area contributed by atoms with Crippen LogP contribution in [0.25, 0.3) is 0 Å². The molecule has 0 radical (unpaired) electrons. The summed E-state index contributed by atoms with van der Waals surface area (Å²) in [7, 11) is -2.15. The van der Waals surface area contributed by atoms with Gasteiger partial charge in [0.15, 0.2) is 8.03 Å². The van der Waals surface area contributed by atoms with E-state index in [0.29, 0.717) is 6.16 Å². The molecule has 0 amide bonds. The molecule has 0 saturated carbocycles. The second-order valence-corrected chi connectivity index (χ2v) is 2.78. The van der Waals surface area contributed by atoms with Gasteiger partial charge >= 0.3 is 0 Å². The summed E-state index contributed by atoms with van der Waals surface area (Å²) in [4.78, 5) is 8.23. The van der Waals surface area contributed by atoms with Crippen LogP contribution in [0.1, 0.15) is 19.8 Å². The SMILES string of the molecule is CCCC[PH](=O)O.N. The highest BCUT2D eigenvalue weighted by Crippen LogP contribution is 2.13. The Bertz CT molecular complexity index is 67.1. The number of rotatable bonds is 3. The first-order valence-corrected chi connectivity index (χ1v) is 4.05. The molecular weight excluding hydrogens is 125 g/mol. The molecule has 4 N–H and O–H groups in total. The largest absolute Gasteiger partial charge is 0.346 e. The van der Waals surface area contributed by atoms with E-state index in [1.165, 1.54) is 0 Å². The quantitative estimate of drug-likeness (QED) is 0.580. The van der Waals surface area contributed by atoms with Gasteiger partial charge in [0.2, 0.25) is 0 Å². The summed E-state index contributed by atoms with van der Waals surface area (Å²) in [5, 5.41) is 0. The Balaban J connectivity index is 0. The van der Waals surface area contributed by atoms with Gasteiger partial charge in [-0.25, -0.2) is 0 Å². The zero-order valence-corrected chi connectivity index (χ0v) is 6.18. The zero-order valence-electron chi connectivity index (χ0n) is 5.18. The third kappa shape index (κ3) is 9.47. The molecule has 52 valence electrons. The van der Waals surface area contributed by atoms with Crippen molar-refractivity contribution in [3.8, 4) is 0 Å². The fourth-order valence-electron chi connectivity index (χ4n) is 0.328. The van der Waals surface area contributed by atoms with Gasteiger partial charge in [0, 0.05) is 6.16 Å². The molecule has 0 spiro atoms. The lowest BCUT2D eigenvalue weighted by Gasteiger charge is -1.87. The predicted octanol–water partition coefficient (Wildman–Crippen LogP) is 1.42. The van der Waals surface area contributed by atoms with Gasteiger partial charge in [0.05, 0.1) is 0 Å². The highest BCUT2D eigenvalue weighted by Gasteiger charge is 1.87. The Kier molecular flexibility index (Phi) is 9.85. The molecule has 0 rings (SSSR count). The summed E-state index contributed by atoms with van der Waals surface area (Å²) in [6.45, 7) is 2.00. The Morgan fingerprint density at radius 2 is 2.12 bits per heavy atom. The summed E-state index contributed by atoms with van der Waals surface area (Å²) < 4.78 is 9.94. The molecule has 0 fully saturated rings. The second-order valence-electron chi connectivity index (χ2n) is 1.50. The van der Waals surface area contributed by atoms with E-state index in [4.69, 9.17) is 4.89 Å². The molecule has 0 saturated heterocycles. The predicted molar refractivity (Wildman–Crippen MR) is 36.0 cm³/mol. The van der Waals surface area contributed by atoms with Crippen LogP contribution in [0.2, 0.25) is 0 Å². The molecule has 0 aliphatic heterocycles. The van der Waals surface area contributed by atoms with Gasteiger partial charge < -0.3 is 11.0 Å². The van der Waals surface area contributed by atoms with Crippen LogP contribution >= 0.6 is 8.03 Å². The monoisotopic (exact) mass is 139 g/mol. The van der Waals surface area contributed by atoms with E-state index < -0.39 is 8.03 Å². The van der Waals surface area contributed by atoms with Crippen LogP contribution in [0, 0.1) is 0 Å². The minimum Gasteiger partial charge on any atom is -0.346 e. The van der Waals surface area contributed by atoms with Gasteiger partial charge in [-0.05, 0) is 6.42 Å². The Morgan fingerprint density at radius 3 is 2.25 bits per heavy atom. The van der Waals surface area contributed by atoms with Crippen molar-refractivity contribution in [1.82, 2.24) is 6.15 Å². The maximum Gasteiger partial charge on any atom is 0.189 e. The van der Waals surface area contributed by atoms with Gasteiger partial charge in [-0.3, -0.25) is 4.57 Å². The first kappa shape index (κ1) is 11.0. The van der Waals surface area contributed by atoms with Crippen molar-refractivity contribution in [2.24, 2.45) is 0 Å². The molecule has 1 unspecified atom stereocenters. The Labute approximate surface area is 50.6 Å². The van der Waals surface area contributed by atoms with Crippen molar-refractivity contribution in [2.75, 3.05) is 6.16 Å². The van der Waals surface area contributed by atoms with E-state index in [-0.39, 0.29) is 6.15 Å². The standard InChI is InChI=1S/C4H11O2P.H3N/c1-2-3-4-7(5)6;/h7H,2-4H2,1H3,(H,5,6);1H3. The van der Waals surface area contributed by atoms with Crippen LogP contribution < -0.4 is 6.15 Å². The number of hydrogen-bond acceptors (Lipinski definition) is 2. The lowest BCUT2D eigenvalue weighted by molar-refractivity contribution is 0.501. The molecule has 4 heteroatoms. The van der Waals surface area contributed by atoms with Crippen molar-refractivity contribution in [1.29, 1.82) is 0 Å². The average Bonchev–Trinajstić information content (AvgIpc) is 1.61. The Morgan fingerprint density at radius 1 is 1.62 bits per heavy atom. The van der Waals surface area contributed by atoms with Crippen LogP contribution in [-0.4, -0.2) is 11.1 Å². The highest BCUT2D eigenvalue weighted by atomic mass is 31.1. The summed E-state index contributed by atoms with van der Waals surface area (Å²) >= 11 is 0. The number of hydrogen-bond donors (Lipinski definition) is 2. The molecule has 0 aromatic heterocycles. The highest BCUT2D eigenvalue weighted by molar-refractivity contribution is 7.37. The van der Waals surface area contributed by atoms with Crippen molar-refractivity contribution in [3.63, 3.8) is 0 Å². The molecular formula is C4H14NO2P. The molecule has 0 aliphatic carbocycles. The zero-order chi connectivity index (χ0) is 5.70. The molecule has 3 nitrogen and oxygen atoms in total.